The average molecular weight is 421 g/mol. The summed E-state index contributed by atoms with van der Waals surface area (Å²) in [5.41, 5.74) is 1.66. The van der Waals surface area contributed by atoms with Crippen molar-refractivity contribution in [2.45, 2.75) is 43.7 Å². The van der Waals surface area contributed by atoms with Crippen LogP contribution in [0.25, 0.3) is 0 Å². The number of nitrogens with one attached hydrogen (secondary N) is 1. The first-order valence-electron chi connectivity index (χ1n) is 10.7. The van der Waals surface area contributed by atoms with Crippen molar-refractivity contribution < 1.29 is 18.8 Å². The van der Waals surface area contributed by atoms with Crippen LogP contribution >= 0.6 is 0 Å². The van der Waals surface area contributed by atoms with Crippen molar-refractivity contribution in [2.24, 2.45) is 0 Å². The lowest BCUT2D eigenvalue weighted by atomic mass is 9.92. The van der Waals surface area contributed by atoms with Gasteiger partial charge < -0.3 is 10.2 Å². The number of nitrogens with zero attached hydrogens (tertiary/aromatic N) is 2. The molecule has 2 aromatic rings. The van der Waals surface area contributed by atoms with E-state index in [1.54, 1.807) is 11.0 Å². The van der Waals surface area contributed by atoms with Gasteiger partial charge in [-0.15, -0.1) is 0 Å². The Bertz CT molecular complexity index is 1070. The highest BCUT2D eigenvalue weighted by Crippen LogP contribution is 2.41. The Labute approximate surface area is 180 Å². The molecule has 5 rings (SSSR count). The number of likely N-dealkylation sites (tertiary alicyclic amines) is 1. The number of hydrogen-bond acceptors (Lipinski definition) is 3. The second-order valence-electron chi connectivity index (χ2n) is 8.60. The molecule has 0 radical (unpaired) electrons. The van der Waals surface area contributed by atoms with Gasteiger partial charge in [-0.1, -0.05) is 36.4 Å². The van der Waals surface area contributed by atoms with Crippen molar-refractivity contribution >= 4 is 17.8 Å². The molecule has 2 atom stereocenters. The quantitative estimate of drug-likeness (QED) is 0.772. The van der Waals surface area contributed by atoms with Crippen molar-refractivity contribution in [3.63, 3.8) is 0 Å². The van der Waals surface area contributed by atoms with E-state index in [0.717, 1.165) is 34.4 Å². The first kappa shape index (κ1) is 19.7. The molecule has 0 bridgehead atoms. The zero-order valence-corrected chi connectivity index (χ0v) is 17.1. The van der Waals surface area contributed by atoms with Crippen molar-refractivity contribution in [3.05, 3.63) is 71.0 Å². The lowest BCUT2D eigenvalue weighted by molar-refractivity contribution is -0.139. The van der Waals surface area contributed by atoms with Crippen LogP contribution in [0.15, 0.2) is 48.5 Å². The summed E-state index contributed by atoms with van der Waals surface area (Å²) in [5.74, 6) is -0.891. The van der Waals surface area contributed by atoms with Crippen molar-refractivity contribution in [1.29, 1.82) is 0 Å². The van der Waals surface area contributed by atoms with E-state index in [0.29, 0.717) is 25.8 Å². The molecule has 1 aliphatic carbocycles. The molecule has 1 spiro atoms. The van der Waals surface area contributed by atoms with E-state index in [-0.39, 0.29) is 30.2 Å². The summed E-state index contributed by atoms with van der Waals surface area (Å²) < 4.78 is 13.5. The van der Waals surface area contributed by atoms with E-state index in [1.165, 1.54) is 12.1 Å². The molecule has 6 nitrogen and oxygen atoms in total. The van der Waals surface area contributed by atoms with Crippen LogP contribution in [0.2, 0.25) is 0 Å². The number of urea groups is 1. The van der Waals surface area contributed by atoms with Gasteiger partial charge >= 0.3 is 6.03 Å². The van der Waals surface area contributed by atoms with Crippen LogP contribution < -0.4 is 5.32 Å². The molecule has 0 aromatic heterocycles. The number of aryl methyl sites for hydroxylation is 1. The largest absolute Gasteiger partial charge is 0.338 e. The number of benzene rings is 2. The summed E-state index contributed by atoms with van der Waals surface area (Å²) in [5, 5.41) is 2.86. The third-order valence-electron chi connectivity index (χ3n) is 6.77. The summed E-state index contributed by atoms with van der Waals surface area (Å²) in [6, 6.07) is 13.5. The van der Waals surface area contributed by atoms with Gasteiger partial charge in [0.15, 0.2) is 0 Å². The van der Waals surface area contributed by atoms with Crippen LogP contribution in [0.1, 0.15) is 36.0 Å². The van der Waals surface area contributed by atoms with E-state index in [2.05, 4.69) is 5.32 Å². The molecular formula is C24H24FN3O3. The number of carbonyl (C=O) groups excluding carboxylic acids is 3. The molecule has 0 saturated carbocycles. The normalized spacial score (nSPS) is 24.7. The number of fused-ring (bicyclic) bond motifs is 2. The van der Waals surface area contributed by atoms with Gasteiger partial charge in [-0.2, -0.15) is 0 Å². The van der Waals surface area contributed by atoms with Gasteiger partial charge in [0.1, 0.15) is 17.9 Å². The topological polar surface area (TPSA) is 69.7 Å². The van der Waals surface area contributed by atoms with Crippen LogP contribution in [0.5, 0.6) is 0 Å². The smallest absolute Gasteiger partial charge is 0.325 e. The Kier molecular flexibility index (Phi) is 4.76. The van der Waals surface area contributed by atoms with E-state index in [1.807, 2.05) is 30.3 Å². The summed E-state index contributed by atoms with van der Waals surface area (Å²) in [7, 11) is 0. The lowest BCUT2D eigenvalue weighted by Crippen LogP contribution is -2.46. The zero-order valence-electron chi connectivity index (χ0n) is 17.1. The fraction of sp³-hybridized carbons (Fsp3) is 0.375. The molecule has 7 heteroatoms. The predicted molar refractivity (Wildman–Crippen MR) is 112 cm³/mol. The maximum Gasteiger partial charge on any atom is 0.325 e. The number of amides is 4. The molecule has 2 unspecified atom stereocenters. The lowest BCUT2D eigenvalue weighted by Gasteiger charge is -2.27. The molecule has 31 heavy (non-hydrogen) atoms. The number of hydrogen-bond donors (Lipinski definition) is 1. The second kappa shape index (κ2) is 7.48. The highest BCUT2D eigenvalue weighted by atomic mass is 19.1. The van der Waals surface area contributed by atoms with Crippen LogP contribution in [0.3, 0.4) is 0 Å². The molecule has 4 amide bonds. The minimum Gasteiger partial charge on any atom is -0.338 e. The Morgan fingerprint density at radius 1 is 1.16 bits per heavy atom. The molecule has 2 heterocycles. The molecule has 3 aliphatic rings. The summed E-state index contributed by atoms with van der Waals surface area (Å²) >= 11 is 0. The summed E-state index contributed by atoms with van der Waals surface area (Å²) in [6.45, 7) is 0.310. The fourth-order valence-electron chi connectivity index (χ4n) is 5.27. The van der Waals surface area contributed by atoms with E-state index < -0.39 is 11.6 Å². The first-order valence-corrected chi connectivity index (χ1v) is 10.7. The summed E-state index contributed by atoms with van der Waals surface area (Å²) in [6.07, 6.45) is 3.45. The van der Waals surface area contributed by atoms with Crippen LogP contribution in [0.4, 0.5) is 9.18 Å². The zero-order chi connectivity index (χ0) is 21.6. The Hall–Kier alpha value is -3.22. The molecule has 2 fully saturated rings. The number of halogens is 1. The van der Waals surface area contributed by atoms with Gasteiger partial charge in [0.2, 0.25) is 5.91 Å². The van der Waals surface area contributed by atoms with Gasteiger partial charge in [0, 0.05) is 12.6 Å². The van der Waals surface area contributed by atoms with Gasteiger partial charge in [0.25, 0.3) is 5.91 Å². The maximum absolute atomic E-state index is 13.5. The third-order valence-corrected chi connectivity index (χ3v) is 6.77. The van der Waals surface area contributed by atoms with Crippen molar-refractivity contribution in [3.8, 4) is 0 Å². The highest BCUT2D eigenvalue weighted by molar-refractivity contribution is 6.10. The molecule has 2 aliphatic heterocycles. The van der Waals surface area contributed by atoms with Crippen LogP contribution in [-0.2, 0) is 28.0 Å². The van der Waals surface area contributed by atoms with Crippen molar-refractivity contribution in [2.75, 3.05) is 13.1 Å². The maximum atomic E-state index is 13.5. The molecule has 1 N–H and O–H groups in total. The predicted octanol–water partition coefficient (Wildman–Crippen LogP) is 2.75. The van der Waals surface area contributed by atoms with E-state index in [9.17, 15) is 18.8 Å². The third kappa shape index (κ3) is 3.28. The Morgan fingerprint density at radius 2 is 2.00 bits per heavy atom. The minimum absolute atomic E-state index is 0.0590. The van der Waals surface area contributed by atoms with Crippen molar-refractivity contribution in [1.82, 2.24) is 15.1 Å². The minimum atomic E-state index is -1.06. The molecule has 2 aromatic carbocycles. The average Bonchev–Trinajstić information content (AvgIpc) is 3.42. The van der Waals surface area contributed by atoms with Gasteiger partial charge in [-0.05, 0) is 60.9 Å². The monoisotopic (exact) mass is 421 g/mol. The first-order chi connectivity index (χ1) is 15.0. The molecule has 160 valence electrons. The SMILES string of the molecule is O=C1NC2(CCc3ccccc32)C(=O)N1CC(=O)N1CCCC1Cc1cccc(F)c1. The highest BCUT2D eigenvalue weighted by Gasteiger charge is 2.55. The van der Waals surface area contributed by atoms with Gasteiger partial charge in [-0.25, -0.2) is 9.18 Å². The number of carbonyl (C=O) groups is 3. The van der Waals surface area contributed by atoms with E-state index >= 15 is 0 Å². The number of rotatable bonds is 4. The van der Waals surface area contributed by atoms with E-state index in [4.69, 9.17) is 0 Å². The Morgan fingerprint density at radius 3 is 2.84 bits per heavy atom. The van der Waals surface area contributed by atoms with Crippen LogP contribution in [0, 0.1) is 5.82 Å². The standard InChI is InChI=1S/C24H24FN3O3/c25-18-7-3-5-16(13-18)14-19-8-4-12-27(19)21(29)15-28-22(30)24(26-23(28)31)11-10-17-6-1-2-9-20(17)24/h1-3,5-7,9,13,19H,4,8,10-12,14-15H2,(H,26,31). The number of imide groups is 1. The second-order valence-corrected chi connectivity index (χ2v) is 8.60. The van der Waals surface area contributed by atoms with Crippen LogP contribution in [-0.4, -0.2) is 46.8 Å². The molecular weight excluding hydrogens is 397 g/mol. The van der Waals surface area contributed by atoms with Gasteiger partial charge in [-0.3, -0.25) is 14.5 Å². The van der Waals surface area contributed by atoms with Gasteiger partial charge in [0.05, 0.1) is 0 Å². The Balaban J connectivity index is 1.31. The summed E-state index contributed by atoms with van der Waals surface area (Å²) in [4.78, 5) is 41.9. The fourth-order valence-corrected chi connectivity index (χ4v) is 5.27. The molecule has 2 saturated heterocycles.